The summed E-state index contributed by atoms with van der Waals surface area (Å²) in [6.45, 7) is 1.46. The first-order chi connectivity index (χ1) is 18.3. The molecule has 0 aliphatic heterocycles. The number of nitrogens with two attached hydrogens (primary N) is 1. The van der Waals surface area contributed by atoms with E-state index < -0.39 is 58.0 Å². The van der Waals surface area contributed by atoms with Gasteiger partial charge in [-0.1, -0.05) is 30.3 Å². The van der Waals surface area contributed by atoms with Gasteiger partial charge in [-0.25, -0.2) is 0 Å². The molecule has 2 aromatic carbocycles. The van der Waals surface area contributed by atoms with Crippen molar-refractivity contribution in [3.63, 3.8) is 0 Å². The third-order valence-electron chi connectivity index (χ3n) is 8.21. The topological polar surface area (TPSA) is 178 Å². The van der Waals surface area contributed by atoms with E-state index >= 15 is 0 Å². The number of carbonyl (C=O) groups is 4. The maximum absolute atomic E-state index is 13.9. The lowest BCUT2D eigenvalue weighted by molar-refractivity contribution is -0.153. The van der Waals surface area contributed by atoms with Gasteiger partial charge in [0, 0.05) is 17.1 Å². The second-order valence-corrected chi connectivity index (χ2v) is 10.6. The summed E-state index contributed by atoms with van der Waals surface area (Å²) < 4.78 is 0. The molecule has 202 valence electrons. The number of likely N-dealkylation sites (N-methyl/N-ethyl adjacent to an activating group) is 1. The molecule has 0 aromatic heterocycles. The van der Waals surface area contributed by atoms with Gasteiger partial charge in [0.1, 0.15) is 22.8 Å². The fraction of sp³-hybridized carbons (Fsp3) is 0.310. The predicted molar refractivity (Wildman–Crippen MR) is 140 cm³/mol. The molecule has 2 aromatic rings. The first-order valence-electron chi connectivity index (χ1n) is 12.4. The van der Waals surface area contributed by atoms with Crippen molar-refractivity contribution >= 4 is 29.0 Å². The van der Waals surface area contributed by atoms with Gasteiger partial charge in [-0.3, -0.25) is 24.1 Å². The predicted octanol–water partition coefficient (Wildman–Crippen LogP) is 1.83. The molecule has 1 fully saturated rings. The van der Waals surface area contributed by atoms with Crippen LogP contribution in [0.25, 0.3) is 16.9 Å². The van der Waals surface area contributed by atoms with Crippen molar-refractivity contribution in [2.75, 3.05) is 14.1 Å². The minimum atomic E-state index is -2.68. The van der Waals surface area contributed by atoms with Crippen molar-refractivity contribution < 1.29 is 39.6 Å². The number of phenols is 1. The van der Waals surface area contributed by atoms with Gasteiger partial charge in [0.15, 0.2) is 17.2 Å². The minimum absolute atomic E-state index is 0.00410. The number of benzene rings is 2. The molecule has 4 unspecified atom stereocenters. The Balaban J connectivity index is 1.71. The Bertz CT molecular complexity index is 1540. The smallest absolute Gasteiger partial charge is 0.255 e. The highest BCUT2D eigenvalue weighted by atomic mass is 16.3. The van der Waals surface area contributed by atoms with Crippen LogP contribution in [0.5, 0.6) is 5.75 Å². The number of primary amides is 1. The van der Waals surface area contributed by atoms with E-state index in [4.69, 9.17) is 5.73 Å². The van der Waals surface area contributed by atoms with Crippen LogP contribution >= 0.6 is 0 Å². The van der Waals surface area contributed by atoms with Crippen LogP contribution < -0.4 is 5.73 Å². The van der Waals surface area contributed by atoms with E-state index in [1.807, 2.05) is 0 Å². The zero-order valence-electron chi connectivity index (χ0n) is 21.6. The molecule has 0 radical (unpaired) electrons. The highest BCUT2D eigenvalue weighted by molar-refractivity contribution is 6.24. The molecule has 1 amide bonds. The Morgan fingerprint density at radius 3 is 2.23 bits per heavy atom. The van der Waals surface area contributed by atoms with E-state index in [1.54, 1.807) is 44.4 Å². The van der Waals surface area contributed by atoms with E-state index in [-0.39, 0.29) is 35.5 Å². The molecule has 3 aliphatic carbocycles. The van der Waals surface area contributed by atoms with E-state index in [0.717, 1.165) is 5.56 Å². The molecule has 0 spiro atoms. The van der Waals surface area contributed by atoms with Gasteiger partial charge in [0.25, 0.3) is 5.91 Å². The molecule has 0 saturated heterocycles. The van der Waals surface area contributed by atoms with Gasteiger partial charge < -0.3 is 26.2 Å². The maximum Gasteiger partial charge on any atom is 0.255 e. The number of ketones is 3. The lowest BCUT2D eigenvalue weighted by Crippen LogP contribution is -2.65. The standard InChI is InChI=1S/C29H28N2O8/c1-12(32)13-4-6-14(7-5-13)16-8-9-19(33)21-17(16)10-15-11-18-23(31(2)3)25(35)22(28(30)38)27(37)29(18,39)26(36)20(15)24(21)34/h4-9,15,18,23,33-34,37,39H,10-11H2,1-3H3,(H2,30,38). The summed E-state index contributed by atoms with van der Waals surface area (Å²) in [5, 5.41) is 44.7. The summed E-state index contributed by atoms with van der Waals surface area (Å²) >= 11 is 0. The SMILES string of the molecule is CC(=O)c1ccc(-c2ccc(O)c3c2CC2CC4C(N(C)C)C(=O)C(C(N)=O)=C(O)C4(O)C(=O)C2=C3O)cc1. The summed E-state index contributed by atoms with van der Waals surface area (Å²) in [5.74, 6) is -7.02. The van der Waals surface area contributed by atoms with Crippen LogP contribution in [0.4, 0.5) is 0 Å². The molecule has 0 heterocycles. The van der Waals surface area contributed by atoms with Crippen LogP contribution in [-0.2, 0) is 20.8 Å². The Labute approximate surface area is 223 Å². The fourth-order valence-electron chi connectivity index (χ4n) is 6.40. The van der Waals surface area contributed by atoms with Gasteiger partial charge >= 0.3 is 0 Å². The number of phenolic OH excluding ortho intramolecular Hbond substituents is 1. The normalized spacial score (nSPS) is 26.3. The van der Waals surface area contributed by atoms with Crippen molar-refractivity contribution in [2.45, 2.75) is 31.4 Å². The van der Waals surface area contributed by atoms with Gasteiger partial charge in [0.05, 0.1) is 11.6 Å². The number of fused-ring (bicyclic) bond motifs is 3. The van der Waals surface area contributed by atoms with Gasteiger partial charge in [-0.2, -0.15) is 0 Å². The molecule has 10 heteroatoms. The van der Waals surface area contributed by atoms with E-state index in [1.165, 1.54) is 17.9 Å². The molecule has 3 aliphatic rings. The number of nitrogens with zero attached hydrogens (tertiary/aromatic N) is 1. The summed E-state index contributed by atoms with van der Waals surface area (Å²) in [5.41, 5.74) is 4.08. The third-order valence-corrected chi connectivity index (χ3v) is 8.21. The Hall–Kier alpha value is -4.28. The highest BCUT2D eigenvalue weighted by Crippen LogP contribution is 2.53. The number of rotatable bonds is 4. The third kappa shape index (κ3) is 3.63. The minimum Gasteiger partial charge on any atom is -0.508 e. The molecule has 6 N–H and O–H groups in total. The first kappa shape index (κ1) is 26.3. The van der Waals surface area contributed by atoms with Crippen LogP contribution in [0.2, 0.25) is 0 Å². The zero-order chi connectivity index (χ0) is 28.5. The molecular weight excluding hydrogens is 504 g/mol. The lowest BCUT2D eigenvalue weighted by atomic mass is 9.57. The Morgan fingerprint density at radius 2 is 1.67 bits per heavy atom. The van der Waals surface area contributed by atoms with Crippen LogP contribution in [0, 0.1) is 11.8 Å². The van der Waals surface area contributed by atoms with Crippen LogP contribution in [0.3, 0.4) is 0 Å². The van der Waals surface area contributed by atoms with Crippen molar-refractivity contribution in [3.8, 4) is 16.9 Å². The molecule has 5 rings (SSSR count). The quantitative estimate of drug-likeness (QED) is 0.290. The molecule has 1 saturated carbocycles. The second kappa shape index (κ2) is 8.89. The number of Topliss-reactive ketones (excluding diaryl/α,β-unsaturated/α-hetero) is 3. The van der Waals surface area contributed by atoms with Gasteiger partial charge in [-0.05, 0) is 62.5 Å². The molecule has 4 atom stereocenters. The lowest BCUT2D eigenvalue weighted by Gasteiger charge is -2.50. The summed E-state index contributed by atoms with van der Waals surface area (Å²) in [6, 6.07) is 8.75. The highest BCUT2D eigenvalue weighted by Gasteiger charge is 2.64. The first-order valence-corrected chi connectivity index (χ1v) is 12.4. The fourth-order valence-corrected chi connectivity index (χ4v) is 6.40. The number of aliphatic hydroxyl groups is 3. The van der Waals surface area contributed by atoms with Crippen LogP contribution in [0.1, 0.15) is 34.8 Å². The number of amides is 1. The average molecular weight is 533 g/mol. The Morgan fingerprint density at radius 1 is 1.03 bits per heavy atom. The van der Waals surface area contributed by atoms with Crippen molar-refractivity contribution in [1.82, 2.24) is 4.90 Å². The molecule has 0 bridgehead atoms. The van der Waals surface area contributed by atoms with Crippen molar-refractivity contribution in [3.05, 3.63) is 70.0 Å². The van der Waals surface area contributed by atoms with Crippen LogP contribution in [0.15, 0.2) is 53.3 Å². The largest absolute Gasteiger partial charge is 0.508 e. The van der Waals surface area contributed by atoms with Gasteiger partial charge in [-0.15, -0.1) is 0 Å². The molecule has 39 heavy (non-hydrogen) atoms. The van der Waals surface area contributed by atoms with Crippen LogP contribution in [-0.4, -0.2) is 74.3 Å². The summed E-state index contributed by atoms with van der Waals surface area (Å²) in [4.78, 5) is 52.4. The Kier molecular flexibility index (Phi) is 6.00. The van der Waals surface area contributed by atoms with Crippen molar-refractivity contribution in [1.29, 1.82) is 0 Å². The van der Waals surface area contributed by atoms with Gasteiger partial charge in [0.2, 0.25) is 5.78 Å². The van der Waals surface area contributed by atoms with Crippen molar-refractivity contribution in [2.24, 2.45) is 17.6 Å². The molecular formula is C29H28N2O8. The summed E-state index contributed by atoms with van der Waals surface area (Å²) in [7, 11) is 3.10. The van der Waals surface area contributed by atoms with E-state index in [0.29, 0.717) is 16.7 Å². The number of aromatic hydroxyl groups is 1. The summed E-state index contributed by atoms with van der Waals surface area (Å²) in [6.07, 6.45) is 0.177. The monoisotopic (exact) mass is 532 g/mol. The number of aliphatic hydroxyl groups excluding tert-OH is 2. The van der Waals surface area contributed by atoms with E-state index in [9.17, 15) is 39.6 Å². The van der Waals surface area contributed by atoms with E-state index in [2.05, 4.69) is 0 Å². The maximum atomic E-state index is 13.9. The zero-order valence-corrected chi connectivity index (χ0v) is 21.6. The molecule has 10 nitrogen and oxygen atoms in total. The number of carbonyl (C=O) groups excluding carboxylic acids is 4. The average Bonchev–Trinajstić information content (AvgIpc) is 2.86. The number of hydrogen-bond acceptors (Lipinski definition) is 9. The number of hydrogen-bond donors (Lipinski definition) is 5. The second-order valence-electron chi connectivity index (χ2n) is 10.6.